The molecule has 4 rings (SSSR count). The van der Waals surface area contributed by atoms with Crippen LogP contribution in [0.25, 0.3) is 16.6 Å². The van der Waals surface area contributed by atoms with Crippen LogP contribution in [0.5, 0.6) is 11.6 Å². The van der Waals surface area contributed by atoms with Crippen LogP contribution in [-0.4, -0.2) is 44.8 Å². The van der Waals surface area contributed by atoms with Crippen LogP contribution < -0.4 is 9.47 Å². The highest BCUT2D eigenvalue weighted by Gasteiger charge is 2.25. The van der Waals surface area contributed by atoms with E-state index in [-0.39, 0.29) is 34.4 Å². The molecule has 172 valence electrons. The second kappa shape index (κ2) is 9.75. The second-order valence-corrected chi connectivity index (χ2v) is 7.72. The van der Waals surface area contributed by atoms with Gasteiger partial charge in [0.15, 0.2) is 17.3 Å². The maximum Gasteiger partial charge on any atom is 0.336 e. The third-order valence-corrected chi connectivity index (χ3v) is 5.69. The number of carbonyl (C=O) groups is 2. The fourth-order valence-corrected chi connectivity index (χ4v) is 3.99. The monoisotopic (exact) mass is 479 g/mol. The number of ketones is 1. The zero-order chi connectivity index (χ0) is 24.2. The van der Waals surface area contributed by atoms with Crippen molar-refractivity contribution in [3.63, 3.8) is 0 Å². The van der Waals surface area contributed by atoms with Gasteiger partial charge in [-0.1, -0.05) is 12.1 Å². The predicted molar refractivity (Wildman–Crippen MR) is 124 cm³/mol. The Morgan fingerprint density at radius 1 is 0.971 bits per heavy atom. The van der Waals surface area contributed by atoms with Gasteiger partial charge in [-0.25, -0.2) is 14.2 Å². The largest absolute Gasteiger partial charge is 0.494 e. The Balaban J connectivity index is 1.89. The highest BCUT2D eigenvalue weighted by molar-refractivity contribution is 7.00. The standard InChI is InChI=1S/C24H18FN3O5S/c1-32-20-7-5-15(10-17(20)25)23(29)16(9-13-3-8-21(33-2)26-12-13)22(24(30)31)14-4-6-18-19(11-14)28-34-27-18/h3-8,10-12H,9H2,1-2H3,(H,30,31). The van der Waals surface area contributed by atoms with Gasteiger partial charge in [0.05, 0.1) is 31.5 Å². The molecular formula is C24H18FN3O5S. The summed E-state index contributed by atoms with van der Waals surface area (Å²) >= 11 is 1.00. The SMILES string of the molecule is COc1ccc(CC(C(=O)c2ccc(OC)c(F)c2)=C(C(=O)O)c2ccc3nsnc3c2)cn1. The molecule has 2 heterocycles. The first-order valence-corrected chi connectivity index (χ1v) is 10.7. The topological polar surface area (TPSA) is 112 Å². The molecule has 8 nitrogen and oxygen atoms in total. The number of carboxylic acids is 1. The number of halogens is 1. The van der Waals surface area contributed by atoms with E-state index in [2.05, 4.69) is 13.7 Å². The minimum Gasteiger partial charge on any atom is -0.494 e. The van der Waals surface area contributed by atoms with Crippen molar-refractivity contribution in [3.05, 3.63) is 82.8 Å². The molecule has 0 amide bonds. The van der Waals surface area contributed by atoms with E-state index < -0.39 is 17.6 Å². The molecule has 0 unspecified atom stereocenters. The van der Waals surface area contributed by atoms with Crippen LogP contribution in [0.3, 0.4) is 0 Å². The van der Waals surface area contributed by atoms with E-state index in [0.29, 0.717) is 22.5 Å². The van der Waals surface area contributed by atoms with Crippen LogP contribution in [0, 0.1) is 5.82 Å². The highest BCUT2D eigenvalue weighted by Crippen LogP contribution is 2.29. The molecule has 0 aliphatic carbocycles. The van der Waals surface area contributed by atoms with E-state index in [9.17, 15) is 19.1 Å². The van der Waals surface area contributed by atoms with Gasteiger partial charge in [0.1, 0.15) is 11.0 Å². The number of nitrogens with zero attached hydrogens (tertiary/aromatic N) is 3. The van der Waals surface area contributed by atoms with Gasteiger partial charge in [0.25, 0.3) is 0 Å². The summed E-state index contributed by atoms with van der Waals surface area (Å²) in [4.78, 5) is 30.1. The third kappa shape index (κ3) is 4.62. The summed E-state index contributed by atoms with van der Waals surface area (Å²) in [7, 11) is 2.79. The van der Waals surface area contributed by atoms with E-state index in [0.717, 1.165) is 17.8 Å². The Morgan fingerprint density at radius 2 is 1.74 bits per heavy atom. The number of allylic oxidation sites excluding steroid dienone is 1. The number of rotatable bonds is 8. The summed E-state index contributed by atoms with van der Waals surface area (Å²) in [6, 6.07) is 11.8. The van der Waals surface area contributed by atoms with Gasteiger partial charge in [-0.15, -0.1) is 0 Å². The fourth-order valence-electron chi connectivity index (χ4n) is 3.47. The van der Waals surface area contributed by atoms with Crippen molar-refractivity contribution in [2.24, 2.45) is 0 Å². The fraction of sp³-hybridized carbons (Fsp3) is 0.125. The van der Waals surface area contributed by atoms with E-state index in [1.54, 1.807) is 30.3 Å². The number of aromatic nitrogens is 3. The van der Waals surface area contributed by atoms with Gasteiger partial charge in [-0.2, -0.15) is 8.75 Å². The van der Waals surface area contributed by atoms with Gasteiger partial charge >= 0.3 is 5.97 Å². The molecule has 2 aromatic heterocycles. The van der Waals surface area contributed by atoms with Crippen molar-refractivity contribution in [2.75, 3.05) is 14.2 Å². The number of ether oxygens (including phenoxy) is 2. The van der Waals surface area contributed by atoms with Crippen LogP contribution in [0.4, 0.5) is 4.39 Å². The van der Waals surface area contributed by atoms with E-state index in [1.807, 2.05) is 0 Å². The number of methoxy groups -OCH3 is 2. The maximum atomic E-state index is 14.4. The molecule has 2 aromatic carbocycles. The molecule has 1 N–H and O–H groups in total. The Labute approximate surface area is 197 Å². The Kier molecular flexibility index (Phi) is 6.60. The van der Waals surface area contributed by atoms with Crippen LogP contribution in [0.2, 0.25) is 0 Å². The lowest BCUT2D eigenvalue weighted by Gasteiger charge is -2.14. The van der Waals surface area contributed by atoms with Crippen LogP contribution in [-0.2, 0) is 11.2 Å². The molecule has 34 heavy (non-hydrogen) atoms. The van der Waals surface area contributed by atoms with Crippen molar-refractivity contribution in [3.8, 4) is 11.6 Å². The van der Waals surface area contributed by atoms with Crippen molar-refractivity contribution in [1.82, 2.24) is 13.7 Å². The lowest BCUT2D eigenvalue weighted by molar-refractivity contribution is -0.130. The molecule has 0 atom stereocenters. The molecular weight excluding hydrogens is 461 g/mol. The third-order valence-electron chi connectivity index (χ3n) is 5.13. The summed E-state index contributed by atoms with van der Waals surface area (Å²) < 4.78 is 32.6. The van der Waals surface area contributed by atoms with E-state index in [4.69, 9.17) is 9.47 Å². The zero-order valence-electron chi connectivity index (χ0n) is 18.1. The number of benzene rings is 2. The van der Waals surface area contributed by atoms with Crippen molar-refractivity contribution >= 4 is 40.1 Å². The maximum absolute atomic E-state index is 14.4. The summed E-state index contributed by atoms with van der Waals surface area (Å²) in [6.45, 7) is 0. The van der Waals surface area contributed by atoms with Crippen molar-refractivity contribution in [1.29, 1.82) is 0 Å². The lowest BCUT2D eigenvalue weighted by atomic mass is 9.89. The molecule has 0 radical (unpaired) electrons. The smallest absolute Gasteiger partial charge is 0.336 e. The van der Waals surface area contributed by atoms with Gasteiger partial charge < -0.3 is 14.6 Å². The van der Waals surface area contributed by atoms with Gasteiger partial charge in [-0.3, -0.25) is 4.79 Å². The van der Waals surface area contributed by atoms with Crippen LogP contribution in [0.15, 0.2) is 60.3 Å². The predicted octanol–water partition coefficient (Wildman–Crippen LogP) is 4.21. The first-order valence-electron chi connectivity index (χ1n) is 9.97. The number of hydrogen-bond acceptors (Lipinski definition) is 8. The summed E-state index contributed by atoms with van der Waals surface area (Å²) in [6.07, 6.45) is 1.44. The lowest BCUT2D eigenvalue weighted by Crippen LogP contribution is -2.14. The molecule has 0 aliphatic rings. The van der Waals surface area contributed by atoms with E-state index >= 15 is 0 Å². The Morgan fingerprint density at radius 3 is 2.38 bits per heavy atom. The summed E-state index contributed by atoms with van der Waals surface area (Å²) in [5, 5.41) is 10.1. The number of pyridine rings is 1. The number of hydrogen-bond donors (Lipinski definition) is 1. The molecule has 4 aromatic rings. The molecule has 0 spiro atoms. The van der Waals surface area contributed by atoms with Crippen molar-refractivity contribution < 1.29 is 28.6 Å². The molecule has 0 bridgehead atoms. The first kappa shape index (κ1) is 23.0. The minimum atomic E-state index is -1.30. The Hall–Kier alpha value is -4.18. The summed E-state index contributed by atoms with van der Waals surface area (Å²) in [5.74, 6) is -2.32. The number of carboxylic acid groups (broad SMARTS) is 1. The second-order valence-electron chi connectivity index (χ2n) is 7.19. The minimum absolute atomic E-state index is 0.00933. The first-order chi connectivity index (χ1) is 16.4. The average molecular weight is 479 g/mol. The van der Waals surface area contributed by atoms with E-state index in [1.165, 1.54) is 32.5 Å². The number of fused-ring (bicyclic) bond motifs is 1. The van der Waals surface area contributed by atoms with Gasteiger partial charge in [0, 0.05) is 29.8 Å². The van der Waals surface area contributed by atoms with Crippen LogP contribution in [0.1, 0.15) is 21.5 Å². The highest BCUT2D eigenvalue weighted by atomic mass is 32.1. The molecule has 10 heteroatoms. The molecule has 0 saturated heterocycles. The summed E-state index contributed by atoms with van der Waals surface area (Å²) in [5.41, 5.74) is 1.72. The van der Waals surface area contributed by atoms with Crippen LogP contribution >= 0.6 is 11.7 Å². The molecule has 0 aliphatic heterocycles. The quantitative estimate of drug-likeness (QED) is 0.296. The Bertz CT molecular complexity index is 1420. The normalized spacial score (nSPS) is 11.7. The number of carbonyl (C=O) groups excluding carboxylic acids is 1. The molecule has 0 saturated carbocycles. The number of Topliss-reactive ketones (excluding diaryl/α,β-unsaturated/α-hetero) is 1. The zero-order valence-corrected chi connectivity index (χ0v) is 18.9. The van der Waals surface area contributed by atoms with Gasteiger partial charge in [-0.05, 0) is 41.5 Å². The molecule has 0 fully saturated rings. The average Bonchev–Trinajstić information content (AvgIpc) is 3.31. The van der Waals surface area contributed by atoms with Gasteiger partial charge in [0.2, 0.25) is 5.88 Å². The van der Waals surface area contributed by atoms with Crippen molar-refractivity contribution in [2.45, 2.75) is 6.42 Å². The number of aliphatic carboxylic acids is 1.